The first-order valence-corrected chi connectivity index (χ1v) is 8.04. The molecule has 4 heterocycles. The lowest BCUT2D eigenvalue weighted by molar-refractivity contribution is -0.00545. The zero-order chi connectivity index (χ0) is 13.9. The van der Waals surface area contributed by atoms with Gasteiger partial charge in [-0.15, -0.1) is 0 Å². The Morgan fingerprint density at radius 2 is 2.10 bits per heavy atom. The number of piperazine rings is 3. The van der Waals surface area contributed by atoms with Crippen LogP contribution in [0.15, 0.2) is 12.4 Å². The summed E-state index contributed by atoms with van der Waals surface area (Å²) in [6.45, 7) is 12.5. The Hall–Kier alpha value is -0.910. The normalized spacial score (nSPS) is 30.6. The molecule has 0 saturated carbocycles. The highest BCUT2D eigenvalue weighted by Gasteiger charge is 2.38. The van der Waals surface area contributed by atoms with Gasteiger partial charge in [0.2, 0.25) is 0 Å². The number of aromatic nitrogens is 2. The molecule has 20 heavy (non-hydrogen) atoms. The fourth-order valence-electron chi connectivity index (χ4n) is 3.54. The van der Waals surface area contributed by atoms with E-state index in [0.29, 0.717) is 12.1 Å². The zero-order valence-corrected chi connectivity index (χ0v) is 12.8. The maximum absolute atomic E-state index is 4.65. The van der Waals surface area contributed by atoms with Crippen LogP contribution in [0.1, 0.15) is 32.1 Å². The maximum Gasteiger partial charge on any atom is 0.127 e. The lowest BCUT2D eigenvalue weighted by Crippen LogP contribution is -2.64. The second-order valence-corrected chi connectivity index (χ2v) is 5.91. The van der Waals surface area contributed by atoms with E-state index in [1.165, 1.54) is 45.0 Å². The summed E-state index contributed by atoms with van der Waals surface area (Å²) in [7, 11) is 0. The van der Waals surface area contributed by atoms with E-state index >= 15 is 0 Å². The molecule has 0 aromatic carbocycles. The summed E-state index contributed by atoms with van der Waals surface area (Å²) in [5.41, 5.74) is 0. The molecule has 3 fully saturated rings. The van der Waals surface area contributed by atoms with Gasteiger partial charge >= 0.3 is 0 Å². The molecule has 1 N–H and O–H groups in total. The number of hydrogen-bond acceptors (Lipinski definition) is 4. The van der Waals surface area contributed by atoms with Crippen molar-refractivity contribution >= 4 is 0 Å². The van der Waals surface area contributed by atoms with E-state index in [1.54, 1.807) is 0 Å². The molecule has 0 radical (unpaired) electrons. The van der Waals surface area contributed by atoms with Gasteiger partial charge in [-0.2, -0.15) is 0 Å². The lowest BCUT2D eigenvalue weighted by Gasteiger charge is -2.50. The van der Waals surface area contributed by atoms with Crippen LogP contribution in [-0.2, 0) is 6.54 Å². The second-order valence-electron chi connectivity index (χ2n) is 5.91. The number of fused-ring (bicyclic) bond motifs is 3. The number of rotatable bonds is 6. The van der Waals surface area contributed by atoms with E-state index in [-0.39, 0.29) is 0 Å². The molecule has 3 aliphatic heterocycles. The highest BCUT2D eigenvalue weighted by Crippen LogP contribution is 2.26. The van der Waals surface area contributed by atoms with Gasteiger partial charge in [0, 0.05) is 57.7 Å². The molecule has 3 saturated heterocycles. The van der Waals surface area contributed by atoms with Crippen LogP contribution in [0.25, 0.3) is 0 Å². The molecule has 3 aliphatic rings. The Balaban J connectivity index is 1.82. The standard InChI is InChI=1S/C15H27N5/c1-3-5-16-14(15-17-6-7-19(15)4-2)13-12-18-8-10-20(13)11-9-18/h6-7,13-14,16H,3-5,8-12H2,1-2H3. The summed E-state index contributed by atoms with van der Waals surface area (Å²) in [4.78, 5) is 9.91. The average Bonchev–Trinajstić information content (AvgIpc) is 2.97. The van der Waals surface area contributed by atoms with Crippen LogP contribution in [0.2, 0.25) is 0 Å². The second kappa shape index (κ2) is 6.24. The topological polar surface area (TPSA) is 36.3 Å². The predicted octanol–water partition coefficient (Wildman–Crippen LogP) is 0.944. The van der Waals surface area contributed by atoms with E-state index in [1.807, 2.05) is 6.20 Å². The van der Waals surface area contributed by atoms with E-state index < -0.39 is 0 Å². The highest BCUT2D eigenvalue weighted by atomic mass is 15.4. The first kappa shape index (κ1) is 14.0. The third-order valence-electron chi connectivity index (χ3n) is 4.69. The summed E-state index contributed by atoms with van der Waals surface area (Å²) < 4.78 is 2.28. The summed E-state index contributed by atoms with van der Waals surface area (Å²) in [5.74, 6) is 1.21. The molecule has 2 atom stereocenters. The number of imidazole rings is 1. The minimum Gasteiger partial charge on any atom is -0.334 e. The zero-order valence-electron chi connectivity index (χ0n) is 12.8. The molecule has 5 nitrogen and oxygen atoms in total. The van der Waals surface area contributed by atoms with Gasteiger partial charge in [0.1, 0.15) is 5.82 Å². The van der Waals surface area contributed by atoms with Crippen LogP contribution in [0.5, 0.6) is 0 Å². The number of hydrogen-bond donors (Lipinski definition) is 1. The van der Waals surface area contributed by atoms with Crippen molar-refractivity contribution in [1.29, 1.82) is 0 Å². The van der Waals surface area contributed by atoms with Crippen LogP contribution in [-0.4, -0.2) is 64.7 Å². The van der Waals surface area contributed by atoms with Gasteiger partial charge in [-0.3, -0.25) is 9.80 Å². The van der Waals surface area contributed by atoms with Crippen molar-refractivity contribution in [3.8, 4) is 0 Å². The third kappa shape index (κ3) is 2.62. The van der Waals surface area contributed by atoms with Crippen LogP contribution in [0.4, 0.5) is 0 Å². The highest BCUT2D eigenvalue weighted by molar-refractivity contribution is 5.07. The van der Waals surface area contributed by atoms with Crippen LogP contribution >= 0.6 is 0 Å². The molecule has 1 aromatic heterocycles. The molecule has 112 valence electrons. The number of nitrogens with zero attached hydrogens (tertiary/aromatic N) is 4. The summed E-state index contributed by atoms with van der Waals surface area (Å²) in [5, 5.41) is 3.75. The molecule has 0 aliphatic carbocycles. The molecule has 0 spiro atoms. The number of nitrogens with one attached hydrogen (secondary N) is 1. The minimum atomic E-state index is 0.355. The molecular formula is C15H27N5. The summed E-state index contributed by atoms with van der Waals surface area (Å²) in [6.07, 6.45) is 5.21. The quantitative estimate of drug-likeness (QED) is 0.840. The Morgan fingerprint density at radius 3 is 2.70 bits per heavy atom. The monoisotopic (exact) mass is 277 g/mol. The summed E-state index contributed by atoms with van der Waals surface area (Å²) in [6, 6.07) is 0.921. The van der Waals surface area contributed by atoms with Crippen LogP contribution in [0, 0.1) is 0 Å². The average molecular weight is 277 g/mol. The Morgan fingerprint density at radius 1 is 1.30 bits per heavy atom. The van der Waals surface area contributed by atoms with Crippen molar-refractivity contribution < 1.29 is 0 Å². The summed E-state index contributed by atoms with van der Waals surface area (Å²) >= 11 is 0. The lowest BCUT2D eigenvalue weighted by atomic mass is 9.99. The Labute approximate surface area is 122 Å². The van der Waals surface area contributed by atoms with Crippen molar-refractivity contribution in [3.63, 3.8) is 0 Å². The van der Waals surface area contributed by atoms with Gasteiger partial charge in [0.15, 0.2) is 0 Å². The van der Waals surface area contributed by atoms with Crippen molar-refractivity contribution in [3.05, 3.63) is 18.2 Å². The van der Waals surface area contributed by atoms with Gasteiger partial charge in [0.05, 0.1) is 6.04 Å². The van der Waals surface area contributed by atoms with Crippen molar-refractivity contribution in [2.75, 3.05) is 39.3 Å². The predicted molar refractivity (Wildman–Crippen MR) is 80.7 cm³/mol. The van der Waals surface area contributed by atoms with Crippen LogP contribution < -0.4 is 5.32 Å². The largest absolute Gasteiger partial charge is 0.334 e. The van der Waals surface area contributed by atoms with Gasteiger partial charge in [0.25, 0.3) is 0 Å². The molecule has 5 heteroatoms. The van der Waals surface area contributed by atoms with Gasteiger partial charge in [-0.25, -0.2) is 4.98 Å². The van der Waals surface area contributed by atoms with Gasteiger partial charge in [-0.05, 0) is 19.9 Å². The first-order chi connectivity index (χ1) is 9.83. The first-order valence-electron chi connectivity index (χ1n) is 8.04. The van der Waals surface area contributed by atoms with Crippen LogP contribution in [0.3, 0.4) is 0 Å². The molecule has 4 rings (SSSR count). The fourth-order valence-corrected chi connectivity index (χ4v) is 3.54. The fraction of sp³-hybridized carbons (Fsp3) is 0.800. The Kier molecular flexibility index (Phi) is 4.38. The van der Waals surface area contributed by atoms with Gasteiger partial charge in [-0.1, -0.05) is 6.92 Å². The van der Waals surface area contributed by atoms with Crippen molar-refractivity contribution in [2.45, 2.75) is 38.9 Å². The van der Waals surface area contributed by atoms with E-state index in [4.69, 9.17) is 0 Å². The molecule has 0 amide bonds. The van der Waals surface area contributed by atoms with E-state index in [9.17, 15) is 0 Å². The Bertz CT molecular complexity index is 422. The smallest absolute Gasteiger partial charge is 0.127 e. The molecule has 1 aromatic rings. The maximum atomic E-state index is 4.65. The van der Waals surface area contributed by atoms with E-state index in [0.717, 1.165) is 13.1 Å². The molecule has 2 unspecified atom stereocenters. The minimum absolute atomic E-state index is 0.355. The molecular weight excluding hydrogens is 250 g/mol. The van der Waals surface area contributed by atoms with Gasteiger partial charge < -0.3 is 9.88 Å². The number of aryl methyl sites for hydroxylation is 1. The third-order valence-corrected chi connectivity index (χ3v) is 4.69. The van der Waals surface area contributed by atoms with E-state index in [2.05, 4.69) is 44.7 Å². The molecule has 2 bridgehead atoms. The SMILES string of the molecule is CCCNC(c1nccn1CC)C1CN2CCN1CC2. The van der Waals surface area contributed by atoms with Crippen molar-refractivity contribution in [2.24, 2.45) is 0 Å². The van der Waals surface area contributed by atoms with Crippen molar-refractivity contribution in [1.82, 2.24) is 24.7 Å².